The van der Waals surface area contributed by atoms with Crippen LogP contribution in [0.5, 0.6) is 0 Å². The molecule has 3 fully saturated rings. The van der Waals surface area contributed by atoms with Crippen LogP contribution in [-0.4, -0.2) is 38.3 Å². The van der Waals surface area contributed by atoms with E-state index < -0.39 is 12.1 Å². The number of fused-ring (bicyclic) bond motifs is 4. The number of rotatable bonds is 7. The van der Waals surface area contributed by atoms with E-state index in [-0.39, 0.29) is 22.1 Å². The molecule has 6 rings (SSSR count). The lowest BCUT2D eigenvalue weighted by Crippen LogP contribution is -2.47. The maximum Gasteiger partial charge on any atom is 0.341 e. The van der Waals surface area contributed by atoms with Crippen molar-refractivity contribution in [1.82, 2.24) is 24.6 Å². The summed E-state index contributed by atoms with van der Waals surface area (Å²) in [6, 6.07) is 0. The summed E-state index contributed by atoms with van der Waals surface area (Å²) < 4.78 is 7.79. The van der Waals surface area contributed by atoms with Gasteiger partial charge in [0, 0.05) is 29.6 Å². The second-order valence-corrected chi connectivity index (χ2v) is 9.98. The molecule has 2 bridgehead atoms. The Kier molecular flexibility index (Phi) is 5.66. The highest BCUT2D eigenvalue weighted by Gasteiger charge is 2.53. The van der Waals surface area contributed by atoms with Crippen molar-refractivity contribution in [3.05, 3.63) is 38.4 Å². The molecule has 3 heterocycles. The molecular weight excluding hydrogens is 438 g/mol. The average molecular weight is 472 g/mol. The number of esters is 1. The van der Waals surface area contributed by atoms with Crippen molar-refractivity contribution in [2.45, 2.75) is 89.8 Å². The molecule has 10 nitrogen and oxygen atoms in total. The zero-order chi connectivity index (χ0) is 24.1. The number of nitrogens with zero attached hydrogens (tertiary/aromatic N) is 3. The van der Waals surface area contributed by atoms with Crippen LogP contribution >= 0.6 is 0 Å². The van der Waals surface area contributed by atoms with Gasteiger partial charge in [0.2, 0.25) is 6.10 Å². The molecule has 1 aliphatic heterocycles. The van der Waals surface area contributed by atoms with E-state index in [1.54, 1.807) is 4.57 Å². The quantitative estimate of drug-likeness (QED) is 0.594. The van der Waals surface area contributed by atoms with E-state index in [0.29, 0.717) is 30.7 Å². The Morgan fingerprint density at radius 2 is 1.71 bits per heavy atom. The number of H-pyrrole nitrogens is 1. The number of hydroxylamine groups is 1. The van der Waals surface area contributed by atoms with Gasteiger partial charge in [0.1, 0.15) is 11.3 Å². The van der Waals surface area contributed by atoms with Crippen molar-refractivity contribution >= 4 is 17.1 Å². The summed E-state index contributed by atoms with van der Waals surface area (Å²) in [5, 5.41) is 0. The minimum Gasteiger partial charge on any atom is -0.467 e. The number of carbonyl (C=O) groups is 1. The molecule has 0 amide bonds. The Bertz CT molecular complexity index is 1240. The summed E-state index contributed by atoms with van der Waals surface area (Å²) in [4.78, 5) is 51.7. The summed E-state index contributed by atoms with van der Waals surface area (Å²) in [5.74, 6) is 0.414. The van der Waals surface area contributed by atoms with Crippen molar-refractivity contribution in [2.75, 3.05) is 7.11 Å². The molecule has 1 unspecified atom stereocenters. The van der Waals surface area contributed by atoms with Crippen molar-refractivity contribution < 1.29 is 14.4 Å². The molecule has 2 N–H and O–H groups in total. The second kappa shape index (κ2) is 8.41. The van der Waals surface area contributed by atoms with Gasteiger partial charge in [-0.2, -0.15) is 0 Å². The number of aryl methyl sites for hydroxylation is 1. The summed E-state index contributed by atoms with van der Waals surface area (Å²) in [6.45, 7) is 4.90. The van der Waals surface area contributed by atoms with E-state index in [9.17, 15) is 14.4 Å². The van der Waals surface area contributed by atoms with Gasteiger partial charge < -0.3 is 9.72 Å². The summed E-state index contributed by atoms with van der Waals surface area (Å²) in [5.41, 5.74) is 4.13. The number of imidazole rings is 1. The fraction of sp³-hybridized carbons (Fsp3) is 0.667. The van der Waals surface area contributed by atoms with Crippen molar-refractivity contribution in [2.24, 2.45) is 5.41 Å². The van der Waals surface area contributed by atoms with Crippen LogP contribution in [0, 0.1) is 5.41 Å². The van der Waals surface area contributed by atoms with Crippen molar-refractivity contribution in [3.8, 4) is 0 Å². The number of aromatic amines is 1. The lowest BCUT2D eigenvalue weighted by Gasteiger charge is -2.52. The van der Waals surface area contributed by atoms with Gasteiger partial charge in [-0.15, -0.1) is 0 Å². The first kappa shape index (κ1) is 22.9. The molecule has 4 aliphatic rings. The third kappa shape index (κ3) is 3.33. The maximum atomic E-state index is 13.1. The zero-order valence-electron chi connectivity index (χ0n) is 20.1. The van der Waals surface area contributed by atoms with Gasteiger partial charge in [0.15, 0.2) is 5.65 Å². The molecule has 1 atom stereocenters. The summed E-state index contributed by atoms with van der Waals surface area (Å²) in [7, 11) is 1.36. The second-order valence-electron chi connectivity index (χ2n) is 9.98. The van der Waals surface area contributed by atoms with E-state index in [1.807, 2.05) is 19.9 Å². The van der Waals surface area contributed by atoms with Crippen LogP contribution < -0.4 is 16.7 Å². The van der Waals surface area contributed by atoms with Crippen molar-refractivity contribution in [1.29, 1.82) is 0 Å². The molecule has 3 aliphatic carbocycles. The summed E-state index contributed by atoms with van der Waals surface area (Å²) >= 11 is 0. The lowest BCUT2D eigenvalue weighted by atomic mass is 9.52. The van der Waals surface area contributed by atoms with E-state index in [0.717, 1.165) is 56.5 Å². The number of ether oxygens (including phenoxy) is 1. The first-order valence-corrected chi connectivity index (χ1v) is 12.3. The van der Waals surface area contributed by atoms with Crippen LogP contribution in [0.3, 0.4) is 0 Å². The van der Waals surface area contributed by atoms with Gasteiger partial charge in [-0.05, 0) is 57.4 Å². The molecule has 0 spiro atoms. The van der Waals surface area contributed by atoms with Crippen LogP contribution in [0.15, 0.2) is 21.4 Å². The number of hydrogen-bond acceptors (Lipinski definition) is 7. The predicted octanol–water partition coefficient (Wildman–Crippen LogP) is 2.26. The SMILES string of the molecule is CCCn1c(=O)c2[nH]c(C34CCC(C5=CC(C(=O)OC)ON5)(CC3)CC4)nc2n(CCC)c1=O. The minimum absolute atomic E-state index is 0.0469. The van der Waals surface area contributed by atoms with E-state index in [4.69, 9.17) is 14.6 Å². The molecule has 2 aromatic heterocycles. The molecule has 10 heteroatoms. The van der Waals surface area contributed by atoms with E-state index in [1.165, 1.54) is 11.7 Å². The smallest absolute Gasteiger partial charge is 0.341 e. The van der Waals surface area contributed by atoms with Crippen LogP contribution in [0.2, 0.25) is 0 Å². The number of carbonyl (C=O) groups excluding carboxylic acids is 1. The largest absolute Gasteiger partial charge is 0.467 e. The van der Waals surface area contributed by atoms with Gasteiger partial charge in [0.25, 0.3) is 5.56 Å². The minimum atomic E-state index is -0.709. The Hall–Kier alpha value is -2.88. The van der Waals surface area contributed by atoms with E-state index in [2.05, 4.69) is 10.5 Å². The van der Waals surface area contributed by atoms with Crippen LogP contribution in [0.4, 0.5) is 0 Å². The number of aromatic nitrogens is 4. The highest BCUT2D eigenvalue weighted by Crippen LogP contribution is 2.60. The highest BCUT2D eigenvalue weighted by atomic mass is 16.7. The molecule has 34 heavy (non-hydrogen) atoms. The molecule has 0 radical (unpaired) electrons. The third-order valence-corrected chi connectivity index (χ3v) is 8.12. The van der Waals surface area contributed by atoms with Gasteiger partial charge in [0.05, 0.1) is 7.11 Å². The standard InChI is InChI=1S/C24H33N5O5/c1-4-12-28-18-17(19(30)29(13-5-2)22(28)32)25-21(26-18)24-9-6-23(7-10-24,8-11-24)16-14-15(34-27-16)20(31)33-3/h14-15,27H,4-13H2,1-3H3,(H,25,26). The number of methoxy groups -OCH3 is 1. The van der Waals surface area contributed by atoms with Gasteiger partial charge in [-0.25, -0.2) is 14.6 Å². The Morgan fingerprint density at radius 1 is 1.09 bits per heavy atom. The first-order valence-electron chi connectivity index (χ1n) is 12.3. The van der Waals surface area contributed by atoms with E-state index >= 15 is 0 Å². The fourth-order valence-corrected chi connectivity index (χ4v) is 6.07. The predicted molar refractivity (Wildman–Crippen MR) is 125 cm³/mol. The number of allylic oxidation sites excluding steroid dienone is 1. The maximum absolute atomic E-state index is 13.1. The molecule has 0 saturated heterocycles. The van der Waals surface area contributed by atoms with Crippen molar-refractivity contribution in [3.63, 3.8) is 0 Å². The topological polar surface area (TPSA) is 120 Å². The Labute approximate surface area is 197 Å². The first-order chi connectivity index (χ1) is 16.4. The average Bonchev–Trinajstić information content (AvgIpc) is 3.54. The number of nitrogens with one attached hydrogen (secondary N) is 2. The molecule has 2 aromatic rings. The van der Waals surface area contributed by atoms with Gasteiger partial charge in [-0.3, -0.25) is 24.2 Å². The monoisotopic (exact) mass is 471 g/mol. The fourth-order valence-electron chi connectivity index (χ4n) is 6.07. The molecule has 0 aromatic carbocycles. The lowest BCUT2D eigenvalue weighted by molar-refractivity contribution is -0.152. The normalized spacial score (nSPS) is 28.2. The molecule has 184 valence electrons. The van der Waals surface area contributed by atoms with Crippen LogP contribution in [-0.2, 0) is 32.9 Å². The Morgan fingerprint density at radius 3 is 2.32 bits per heavy atom. The third-order valence-electron chi connectivity index (χ3n) is 8.12. The number of hydrogen-bond donors (Lipinski definition) is 2. The molecular formula is C24H33N5O5. The van der Waals surface area contributed by atoms with Crippen LogP contribution in [0.25, 0.3) is 11.2 Å². The highest BCUT2D eigenvalue weighted by molar-refractivity contribution is 5.77. The molecule has 3 saturated carbocycles. The Balaban J connectivity index is 1.48. The van der Waals surface area contributed by atoms with Gasteiger partial charge in [-0.1, -0.05) is 13.8 Å². The zero-order valence-corrected chi connectivity index (χ0v) is 20.1. The summed E-state index contributed by atoms with van der Waals surface area (Å²) in [6.07, 6.45) is 8.17. The van der Waals surface area contributed by atoms with Crippen LogP contribution in [0.1, 0.15) is 71.0 Å². The van der Waals surface area contributed by atoms with Gasteiger partial charge >= 0.3 is 11.7 Å².